The number of anilines is 2. The van der Waals surface area contributed by atoms with Crippen LogP contribution in [0.5, 0.6) is 11.5 Å². The molecule has 0 spiro atoms. The number of benzene rings is 3. The monoisotopic (exact) mass is 968 g/mol. The maximum Gasteiger partial charge on any atom is 0.307 e. The molecule has 5 bridgehead atoms. The Bertz CT molecular complexity index is 2990. The lowest BCUT2D eigenvalue weighted by Crippen LogP contribution is -2.46. The molecule has 1 fully saturated rings. The Kier molecular flexibility index (Phi) is 15.0. The Morgan fingerprint density at radius 1 is 0.971 bits per heavy atom. The number of carbonyl (C=O) groups excluding carboxylic acids is 3. The largest absolute Gasteiger partial charge is 0.507 e. The quantitative estimate of drug-likeness (QED) is 0.0798. The van der Waals surface area contributed by atoms with Gasteiger partial charge in [0.05, 0.1) is 35.2 Å². The summed E-state index contributed by atoms with van der Waals surface area (Å²) in [5.41, 5.74) is -1.74. The third-order valence-corrected chi connectivity index (χ3v) is 14.1. The number of fused-ring (bicyclic) bond motifs is 5. The summed E-state index contributed by atoms with van der Waals surface area (Å²) in [4.78, 5) is 74.6. The molecule has 4 aromatic rings. The number of ether oxygens (including phenoxy) is 4. The van der Waals surface area contributed by atoms with E-state index in [0.29, 0.717) is 38.0 Å². The van der Waals surface area contributed by atoms with Crippen molar-refractivity contribution in [1.82, 2.24) is 10.3 Å². The normalized spacial score (nSPS) is 28.8. The first kappa shape index (κ1) is 51.4. The molecular weight excluding hydrogens is 905 g/mol. The van der Waals surface area contributed by atoms with Crippen molar-refractivity contribution in [3.63, 3.8) is 0 Å². The molecule has 18 heteroatoms. The van der Waals surface area contributed by atoms with Crippen LogP contribution in [-0.4, -0.2) is 99.6 Å². The number of rotatable bonds is 6. The van der Waals surface area contributed by atoms with E-state index in [0.717, 1.165) is 6.42 Å². The highest BCUT2D eigenvalue weighted by Gasteiger charge is 2.44. The van der Waals surface area contributed by atoms with Crippen LogP contribution in [0, 0.1) is 30.6 Å². The van der Waals surface area contributed by atoms with Crippen molar-refractivity contribution in [2.45, 2.75) is 124 Å². The third-order valence-electron chi connectivity index (χ3n) is 14.1. The number of phenols is 1. The molecule has 0 unspecified atom stereocenters. The number of methoxy groups -OCH3 is 1. The molecule has 3 aliphatic heterocycles. The van der Waals surface area contributed by atoms with E-state index in [-0.39, 0.29) is 67.0 Å². The summed E-state index contributed by atoms with van der Waals surface area (Å²) in [7, 11) is 1.44. The fourth-order valence-corrected chi connectivity index (χ4v) is 9.87. The number of piperidine rings is 1. The van der Waals surface area contributed by atoms with Gasteiger partial charge >= 0.3 is 11.8 Å². The van der Waals surface area contributed by atoms with Crippen LogP contribution >= 0.6 is 0 Å². The van der Waals surface area contributed by atoms with Crippen molar-refractivity contribution in [3.05, 3.63) is 79.5 Å². The van der Waals surface area contributed by atoms with Crippen LogP contribution in [0.1, 0.15) is 86.6 Å². The average Bonchev–Trinajstić information content (AvgIpc) is 3.59. The molecule has 0 saturated carbocycles. The second-order valence-corrected chi connectivity index (χ2v) is 19.1. The van der Waals surface area contributed by atoms with Gasteiger partial charge in [-0.25, -0.2) is 4.98 Å². The van der Waals surface area contributed by atoms with Crippen molar-refractivity contribution in [1.29, 1.82) is 0 Å². The number of aromatic nitrogens is 1. The number of hydrogen-bond donors (Lipinski definition) is 6. The first-order chi connectivity index (χ1) is 33.1. The molecule has 3 aliphatic rings. The second kappa shape index (κ2) is 20.5. The molecule has 9 atom stereocenters. The Balaban J connectivity index is 1.43. The Hall–Kier alpha value is -6.50. The molecule has 1 saturated heterocycles. The van der Waals surface area contributed by atoms with Gasteiger partial charge in [-0.15, -0.1) is 0 Å². The predicted octanol–water partition coefficient (Wildman–Crippen LogP) is 5.45. The number of hydrogen-bond acceptors (Lipinski definition) is 16. The maximum absolute atomic E-state index is 14.9. The number of amides is 2. The van der Waals surface area contributed by atoms with Crippen LogP contribution in [0.3, 0.4) is 0 Å². The number of aromatic hydroxyl groups is 1. The van der Waals surface area contributed by atoms with Crippen LogP contribution in [0.4, 0.5) is 11.4 Å². The van der Waals surface area contributed by atoms with Gasteiger partial charge in [0.15, 0.2) is 22.4 Å². The highest BCUT2D eigenvalue weighted by molar-refractivity contribution is 6.17. The summed E-state index contributed by atoms with van der Waals surface area (Å²) in [5, 5.41) is 52.3. The maximum atomic E-state index is 14.9. The number of esters is 1. The minimum absolute atomic E-state index is 0.00951. The molecule has 3 aromatic carbocycles. The predicted molar refractivity (Wildman–Crippen MR) is 263 cm³/mol. The topological polar surface area (TPSA) is 257 Å². The lowest BCUT2D eigenvalue weighted by molar-refractivity contribution is -0.160. The number of aliphatic hydroxyl groups is 3. The van der Waals surface area contributed by atoms with Gasteiger partial charge in [0.25, 0.3) is 5.91 Å². The van der Waals surface area contributed by atoms with Gasteiger partial charge in [0.2, 0.25) is 16.8 Å². The van der Waals surface area contributed by atoms with Gasteiger partial charge in [0.1, 0.15) is 28.8 Å². The van der Waals surface area contributed by atoms with Crippen LogP contribution in [0.2, 0.25) is 0 Å². The fourth-order valence-electron chi connectivity index (χ4n) is 9.87. The number of carbonyl (C=O) groups is 3. The third kappa shape index (κ3) is 9.68. The first-order valence-electron chi connectivity index (χ1n) is 23.8. The van der Waals surface area contributed by atoms with E-state index in [1.807, 2.05) is 11.8 Å². The van der Waals surface area contributed by atoms with Crippen molar-refractivity contribution < 1.29 is 58.2 Å². The average molecular weight is 969 g/mol. The van der Waals surface area contributed by atoms with E-state index < -0.39 is 93.8 Å². The standard InChI is InChI=1S/C52H64N4O14/c1-11-13-36(59)53-31-16-19-56(20-17-31)32-22-33(58)40-35(23-32)69-49-41(54-40)37-38-45(62)29(7)48-39(37)50(64)52(9,70-48)67-21-18-34(66-10)26(4)47(68-30(8)57)28(6)44(61)27(5)43(60)24(2)14-12-15-25(3)51(65)55-42(49)46(38)63/h12,14-15,18,21-24,26-28,31,34,43-44,47,60-62,64H,11,13,16-17,19-20H2,1-10H3,(H,53,59)(H,55,65)/b14-12+,21-18+,25-15-/t24-,26+,27+,28+,34-,43-,44+,47+,52-/m0/s1. The van der Waals surface area contributed by atoms with Gasteiger partial charge < -0.3 is 59.3 Å². The minimum Gasteiger partial charge on any atom is -0.507 e. The molecule has 4 heterocycles. The van der Waals surface area contributed by atoms with Gasteiger partial charge in [-0.3, -0.25) is 24.0 Å². The van der Waals surface area contributed by atoms with E-state index in [9.17, 15) is 44.4 Å². The molecule has 7 rings (SSSR count). The van der Waals surface area contributed by atoms with Crippen molar-refractivity contribution >= 4 is 67.9 Å². The van der Waals surface area contributed by atoms with Crippen LogP contribution in [-0.2, 0) is 28.6 Å². The molecule has 2 amide bonds. The van der Waals surface area contributed by atoms with Crippen LogP contribution in [0.25, 0.3) is 38.7 Å². The Morgan fingerprint density at radius 2 is 1.67 bits per heavy atom. The molecule has 6 N–H and O–H groups in total. The Labute approximate surface area is 404 Å². The molecule has 0 aliphatic carbocycles. The highest BCUT2D eigenvalue weighted by Crippen LogP contribution is 2.42. The van der Waals surface area contributed by atoms with Gasteiger partial charge in [-0.2, -0.15) is 0 Å². The summed E-state index contributed by atoms with van der Waals surface area (Å²) in [5.74, 6) is -7.10. The summed E-state index contributed by atoms with van der Waals surface area (Å²) >= 11 is 0. The number of allylic oxidation sites excluding steroid dienone is 2. The minimum atomic E-state index is -2.00. The van der Waals surface area contributed by atoms with Crippen LogP contribution < -0.4 is 36.3 Å². The summed E-state index contributed by atoms with van der Waals surface area (Å²) in [6.45, 7) is 15.5. The van der Waals surface area contributed by atoms with Gasteiger partial charge in [-0.05, 0) is 39.2 Å². The Morgan fingerprint density at radius 3 is 2.33 bits per heavy atom. The van der Waals surface area contributed by atoms with E-state index in [4.69, 9.17) is 28.3 Å². The second-order valence-electron chi connectivity index (χ2n) is 19.1. The number of aliphatic hydroxyl groups excluding tert-OH is 3. The summed E-state index contributed by atoms with van der Waals surface area (Å²) < 4.78 is 30.5. The molecule has 376 valence electrons. The zero-order valence-corrected chi connectivity index (χ0v) is 41.2. The van der Waals surface area contributed by atoms with Gasteiger partial charge in [0, 0.05) is 105 Å². The molecule has 1 aromatic heterocycles. The van der Waals surface area contributed by atoms with Crippen molar-refractivity contribution in [2.24, 2.45) is 23.7 Å². The van der Waals surface area contributed by atoms with E-state index in [1.54, 1.807) is 45.9 Å². The summed E-state index contributed by atoms with van der Waals surface area (Å²) in [6, 6.07) is 3.02. The lowest BCUT2D eigenvalue weighted by atomic mass is 9.78. The molecule has 70 heavy (non-hydrogen) atoms. The molecule has 0 radical (unpaired) electrons. The molecule has 18 nitrogen and oxygen atoms in total. The first-order valence-corrected chi connectivity index (χ1v) is 23.8. The zero-order chi connectivity index (χ0) is 51.1. The summed E-state index contributed by atoms with van der Waals surface area (Å²) in [6.07, 6.45) is 5.90. The smallest absolute Gasteiger partial charge is 0.307 e. The number of phenolic OH excluding ortho intramolecular Hbond substituents is 1. The van der Waals surface area contributed by atoms with Crippen molar-refractivity contribution in [2.75, 3.05) is 30.4 Å². The van der Waals surface area contributed by atoms with E-state index in [1.165, 1.54) is 59.3 Å². The van der Waals surface area contributed by atoms with E-state index in [2.05, 4.69) is 10.6 Å². The number of nitrogens with one attached hydrogen (secondary N) is 2. The van der Waals surface area contributed by atoms with Crippen molar-refractivity contribution in [3.8, 4) is 11.5 Å². The van der Waals surface area contributed by atoms with Crippen LogP contribution in [0.15, 0.2) is 62.3 Å². The lowest BCUT2D eigenvalue weighted by Gasteiger charge is -2.38. The zero-order valence-electron chi connectivity index (χ0n) is 41.2. The molecular formula is C52H64N4O14. The van der Waals surface area contributed by atoms with Gasteiger partial charge in [-0.1, -0.05) is 52.8 Å². The van der Waals surface area contributed by atoms with E-state index >= 15 is 0 Å². The SMILES string of the molecule is CCCC(=O)NC1CCN(c2cc(=O)c3nc4c(oc3c2)c2c(=O)c3c(O)c(C)c5c(c34)=C(O)[C@@](C)(O/C=C/[C@H](OC)[C@@H](C)[C@@H](OC(C)=O)[C@H](C)[C@H](O)[C@H](C)[C@@H](O)[C@@H](C)/C=C/C=C(/C)C(=O)N2)O5)CC1. The highest BCUT2D eigenvalue weighted by atomic mass is 16.7. The fraction of sp³-hybridized carbons (Fsp3) is 0.500. The number of nitrogens with zero attached hydrogens (tertiary/aromatic N) is 2.